The molecule has 0 fully saturated rings. The van der Waals surface area contributed by atoms with Crippen molar-refractivity contribution < 1.29 is 8.98 Å². The molecule has 7 aromatic carbocycles. The molecule has 0 radical (unpaired) electrons. The number of furan rings is 1. The Hall–Kier alpha value is -6.98. The third-order valence-electron chi connectivity index (χ3n) is 11.2. The molecule has 0 atom stereocenters. The summed E-state index contributed by atoms with van der Waals surface area (Å²) in [4.78, 5) is 15.0. The van der Waals surface area contributed by atoms with Gasteiger partial charge in [0.05, 0.1) is 5.56 Å². The molecule has 0 amide bonds. The summed E-state index contributed by atoms with van der Waals surface area (Å²) in [6.07, 6.45) is 2.24. The van der Waals surface area contributed by atoms with Crippen molar-refractivity contribution >= 4 is 43.5 Å². The van der Waals surface area contributed by atoms with Crippen molar-refractivity contribution in [1.82, 2.24) is 15.0 Å². The highest BCUT2D eigenvalue weighted by molar-refractivity contribution is 6.24. The van der Waals surface area contributed by atoms with Crippen LogP contribution in [0.1, 0.15) is 22.3 Å². The van der Waals surface area contributed by atoms with Crippen LogP contribution in [0.4, 0.5) is 0 Å². The molecule has 0 saturated carbocycles. The summed E-state index contributed by atoms with van der Waals surface area (Å²) in [5.41, 5.74) is 14.0. The number of benzene rings is 7. The number of fused-ring (bicyclic) bond motifs is 7. The van der Waals surface area contributed by atoms with E-state index in [0.29, 0.717) is 17.5 Å². The van der Waals surface area contributed by atoms with Gasteiger partial charge in [-0.25, -0.2) is 19.5 Å². The second-order valence-corrected chi connectivity index (χ2v) is 15.0. The van der Waals surface area contributed by atoms with Gasteiger partial charge in [-0.3, -0.25) is 0 Å². The van der Waals surface area contributed by atoms with E-state index in [1.165, 1.54) is 32.8 Å². The minimum atomic E-state index is 0.653. The van der Waals surface area contributed by atoms with Crippen molar-refractivity contribution in [1.29, 1.82) is 0 Å². The number of aryl methyl sites for hydroxylation is 5. The fourth-order valence-corrected chi connectivity index (χ4v) is 8.56. The van der Waals surface area contributed by atoms with Crippen LogP contribution in [-0.2, 0) is 7.05 Å². The summed E-state index contributed by atoms with van der Waals surface area (Å²) in [5, 5.41) is 7.00. The van der Waals surface area contributed by atoms with E-state index in [4.69, 9.17) is 19.4 Å². The molecule has 5 nitrogen and oxygen atoms in total. The van der Waals surface area contributed by atoms with Crippen molar-refractivity contribution in [2.75, 3.05) is 0 Å². The third kappa shape index (κ3) is 5.46. The Morgan fingerprint density at radius 3 is 1.68 bits per heavy atom. The molecule has 0 bridgehead atoms. The maximum atomic E-state index is 7.03. The molecule has 0 aliphatic carbocycles. The summed E-state index contributed by atoms with van der Waals surface area (Å²) in [5.74, 6) is 1.96. The zero-order chi connectivity index (χ0) is 38.1. The Bertz CT molecular complexity index is 3100. The number of rotatable bonds is 5. The first-order chi connectivity index (χ1) is 27.3. The Morgan fingerprint density at radius 1 is 0.446 bits per heavy atom. The van der Waals surface area contributed by atoms with Gasteiger partial charge in [0.2, 0.25) is 5.69 Å². The van der Waals surface area contributed by atoms with Crippen LogP contribution in [0.2, 0.25) is 0 Å². The van der Waals surface area contributed by atoms with Crippen LogP contribution in [0.5, 0.6) is 0 Å². The molecule has 10 rings (SSSR count). The Labute approximate surface area is 325 Å². The van der Waals surface area contributed by atoms with Gasteiger partial charge in [0.25, 0.3) is 0 Å². The zero-order valence-corrected chi connectivity index (χ0v) is 32.1. The van der Waals surface area contributed by atoms with E-state index in [2.05, 4.69) is 124 Å². The quantitative estimate of drug-likeness (QED) is 0.131. The first-order valence-corrected chi connectivity index (χ1v) is 19.1. The summed E-state index contributed by atoms with van der Waals surface area (Å²) in [6.45, 7) is 8.76. The molecule has 3 heterocycles. The molecule has 5 heteroatoms. The molecule has 0 N–H and O–H groups in total. The van der Waals surface area contributed by atoms with Gasteiger partial charge in [-0.05, 0) is 89.9 Å². The lowest BCUT2D eigenvalue weighted by molar-refractivity contribution is -0.660. The van der Waals surface area contributed by atoms with Gasteiger partial charge in [-0.2, -0.15) is 0 Å². The first kappa shape index (κ1) is 33.6. The molecule has 268 valence electrons. The van der Waals surface area contributed by atoms with Crippen LogP contribution in [0.25, 0.3) is 100 Å². The normalized spacial score (nSPS) is 11.7. The number of aromatic nitrogens is 4. The lowest BCUT2D eigenvalue weighted by atomic mass is 9.90. The Balaban J connectivity index is 1.13. The van der Waals surface area contributed by atoms with Crippen LogP contribution in [-0.4, -0.2) is 15.0 Å². The summed E-state index contributed by atoms with van der Waals surface area (Å²) < 4.78 is 9.27. The molecule has 56 heavy (non-hydrogen) atoms. The highest BCUT2D eigenvalue weighted by Crippen LogP contribution is 2.43. The van der Waals surface area contributed by atoms with Gasteiger partial charge in [-0.15, -0.1) is 0 Å². The molecule has 0 saturated heterocycles. The highest BCUT2D eigenvalue weighted by atomic mass is 16.3. The highest BCUT2D eigenvalue weighted by Gasteiger charge is 2.25. The lowest BCUT2D eigenvalue weighted by Gasteiger charge is -2.16. The fraction of sp³-hybridized carbons (Fsp3) is 0.0980. The maximum absolute atomic E-state index is 7.03. The van der Waals surface area contributed by atoms with Gasteiger partial charge in [-0.1, -0.05) is 115 Å². The van der Waals surface area contributed by atoms with E-state index in [1.807, 2.05) is 60.7 Å². The van der Waals surface area contributed by atoms with Crippen molar-refractivity contribution in [2.24, 2.45) is 7.05 Å². The summed E-state index contributed by atoms with van der Waals surface area (Å²) in [7, 11) is 2.13. The number of nitrogens with zero attached hydrogens (tertiary/aromatic N) is 4. The molecular weight excluding hydrogens is 685 g/mol. The largest absolute Gasteiger partial charge is 0.454 e. The standard InChI is InChI=1S/C51H39N4O/c1-30-20-24-40-41-25-23-35-22-21-34-14-12-13-19-39(34)46(35)48(41)56-47(40)45(30)43-28-42(33(4)29-55(43)5)44-31(2)26-38(27-32(44)3)51-53-49(36-15-8-6-9-16-36)52-50(54-51)37-17-10-7-11-18-37/h6-29H,1-5H3/q+1. The summed E-state index contributed by atoms with van der Waals surface area (Å²) in [6, 6.07) is 48.9. The average molecular weight is 724 g/mol. The van der Waals surface area contributed by atoms with E-state index in [9.17, 15) is 0 Å². The van der Waals surface area contributed by atoms with E-state index < -0.39 is 0 Å². The molecule has 10 aromatic rings. The van der Waals surface area contributed by atoms with Crippen LogP contribution < -0.4 is 4.57 Å². The number of hydrogen-bond donors (Lipinski definition) is 0. The second kappa shape index (κ2) is 13.1. The SMILES string of the molecule is Cc1c[n+](C)c(-c2c(C)ccc3c2oc2c3ccc3ccc4ccccc4c32)cc1-c1c(C)cc(-c2nc(-c3ccccc3)nc(-c3ccccc3)n2)cc1C. The average Bonchev–Trinajstić information content (AvgIpc) is 3.60. The van der Waals surface area contributed by atoms with E-state index in [0.717, 1.165) is 72.0 Å². The van der Waals surface area contributed by atoms with Gasteiger partial charge < -0.3 is 4.42 Å². The van der Waals surface area contributed by atoms with Crippen molar-refractivity contribution in [3.63, 3.8) is 0 Å². The predicted molar refractivity (Wildman–Crippen MR) is 229 cm³/mol. The van der Waals surface area contributed by atoms with Crippen molar-refractivity contribution in [3.8, 4) is 56.5 Å². The molecule has 0 unspecified atom stereocenters. The smallest absolute Gasteiger partial charge is 0.216 e. The Morgan fingerprint density at radius 2 is 1.00 bits per heavy atom. The minimum Gasteiger partial charge on any atom is -0.454 e. The third-order valence-corrected chi connectivity index (χ3v) is 11.2. The molecule has 0 aliphatic rings. The number of hydrogen-bond acceptors (Lipinski definition) is 4. The van der Waals surface area contributed by atoms with Gasteiger partial charge >= 0.3 is 0 Å². The van der Waals surface area contributed by atoms with Crippen LogP contribution >= 0.6 is 0 Å². The lowest BCUT2D eigenvalue weighted by Crippen LogP contribution is -2.31. The van der Waals surface area contributed by atoms with Crippen molar-refractivity contribution in [3.05, 3.63) is 168 Å². The first-order valence-electron chi connectivity index (χ1n) is 19.1. The second-order valence-electron chi connectivity index (χ2n) is 15.0. The van der Waals surface area contributed by atoms with E-state index in [1.54, 1.807) is 0 Å². The van der Waals surface area contributed by atoms with E-state index in [-0.39, 0.29) is 0 Å². The fourth-order valence-electron chi connectivity index (χ4n) is 8.56. The Kier molecular flexibility index (Phi) is 7.86. The van der Waals surface area contributed by atoms with Gasteiger partial charge in [0, 0.05) is 44.5 Å². The molecular formula is C51H39N4O+. The zero-order valence-electron chi connectivity index (χ0n) is 32.1. The van der Waals surface area contributed by atoms with Crippen molar-refractivity contribution in [2.45, 2.75) is 27.7 Å². The topological polar surface area (TPSA) is 55.7 Å². The maximum Gasteiger partial charge on any atom is 0.216 e. The minimum absolute atomic E-state index is 0.653. The van der Waals surface area contributed by atoms with Gasteiger partial charge in [0.1, 0.15) is 18.2 Å². The summed E-state index contributed by atoms with van der Waals surface area (Å²) >= 11 is 0. The number of pyridine rings is 1. The molecule has 0 spiro atoms. The molecule has 0 aliphatic heterocycles. The van der Waals surface area contributed by atoms with Crippen LogP contribution in [0.3, 0.4) is 0 Å². The predicted octanol–water partition coefficient (Wildman–Crippen LogP) is 12.5. The monoisotopic (exact) mass is 723 g/mol. The van der Waals surface area contributed by atoms with Crippen LogP contribution in [0, 0.1) is 27.7 Å². The van der Waals surface area contributed by atoms with Crippen LogP contribution in [0.15, 0.2) is 150 Å². The van der Waals surface area contributed by atoms with Gasteiger partial charge in [0.15, 0.2) is 23.7 Å². The van der Waals surface area contributed by atoms with E-state index >= 15 is 0 Å². The molecule has 3 aromatic heterocycles.